The molecule has 0 radical (unpaired) electrons. The molecule has 2 N–H and O–H groups in total. The number of carbonyl (C=O) groups is 2. The number of rotatable bonds is 6. The van der Waals surface area contributed by atoms with Gasteiger partial charge in [-0.05, 0) is 54.8 Å². The van der Waals surface area contributed by atoms with Crippen molar-refractivity contribution in [1.82, 2.24) is 9.55 Å². The van der Waals surface area contributed by atoms with Crippen molar-refractivity contribution in [1.29, 1.82) is 0 Å². The molecule has 0 fully saturated rings. The SMILES string of the molecule is CC(/C=C\C=C/N)c1ccc(-n2c3ccccc3c3cc(-c4ccc(C=C5C(=O)c6ccccc6C5=O)s4)sc32)cn1. The van der Waals surface area contributed by atoms with Crippen LogP contribution in [0.1, 0.15) is 44.1 Å². The highest BCUT2D eigenvalue weighted by atomic mass is 32.1. The van der Waals surface area contributed by atoms with E-state index in [4.69, 9.17) is 10.7 Å². The lowest BCUT2D eigenvalue weighted by molar-refractivity contribution is 0.0990. The summed E-state index contributed by atoms with van der Waals surface area (Å²) in [6, 6.07) is 25.9. The molecule has 204 valence electrons. The lowest BCUT2D eigenvalue weighted by atomic mass is 10.1. The Morgan fingerprint density at radius 3 is 2.33 bits per heavy atom. The molecule has 2 aromatic carbocycles. The molecule has 1 aliphatic carbocycles. The summed E-state index contributed by atoms with van der Waals surface area (Å²) in [5.41, 5.74) is 9.77. The summed E-state index contributed by atoms with van der Waals surface area (Å²) in [6.45, 7) is 2.11. The van der Waals surface area contributed by atoms with Crippen molar-refractivity contribution in [2.24, 2.45) is 5.73 Å². The van der Waals surface area contributed by atoms with Gasteiger partial charge in [0, 0.05) is 48.1 Å². The number of carbonyl (C=O) groups excluding carboxylic acids is 2. The third-order valence-electron chi connectivity index (χ3n) is 7.53. The summed E-state index contributed by atoms with van der Waals surface area (Å²) in [6.07, 6.45) is 11.0. The van der Waals surface area contributed by atoms with Crippen molar-refractivity contribution < 1.29 is 9.59 Å². The first kappa shape index (κ1) is 26.1. The average Bonchev–Trinajstić information content (AvgIpc) is 3.78. The first-order valence-electron chi connectivity index (χ1n) is 13.6. The van der Waals surface area contributed by atoms with E-state index >= 15 is 0 Å². The van der Waals surface area contributed by atoms with Crippen LogP contribution < -0.4 is 5.73 Å². The lowest BCUT2D eigenvalue weighted by Gasteiger charge is -2.09. The number of aromatic nitrogens is 2. The summed E-state index contributed by atoms with van der Waals surface area (Å²) >= 11 is 3.31. The maximum absolute atomic E-state index is 12.9. The van der Waals surface area contributed by atoms with Crippen LogP contribution in [0, 0.1) is 0 Å². The van der Waals surface area contributed by atoms with E-state index in [9.17, 15) is 9.59 Å². The topological polar surface area (TPSA) is 78.0 Å². The van der Waals surface area contributed by atoms with Crippen LogP contribution in [0.15, 0.2) is 115 Å². The Kier molecular flexibility index (Phi) is 6.53. The molecule has 1 unspecified atom stereocenters. The van der Waals surface area contributed by atoms with E-state index in [0.717, 1.165) is 36.4 Å². The average molecular weight is 584 g/mol. The predicted octanol–water partition coefficient (Wildman–Crippen LogP) is 8.56. The van der Waals surface area contributed by atoms with Crippen LogP contribution in [0.3, 0.4) is 0 Å². The number of ketones is 2. The molecule has 0 aliphatic heterocycles. The molecule has 0 bridgehead atoms. The molecule has 4 heterocycles. The van der Waals surface area contributed by atoms with Crippen LogP contribution in [-0.4, -0.2) is 21.1 Å². The Morgan fingerprint density at radius 1 is 0.833 bits per heavy atom. The van der Waals surface area contributed by atoms with E-state index in [2.05, 4.69) is 66.1 Å². The fourth-order valence-electron chi connectivity index (χ4n) is 5.43. The van der Waals surface area contributed by atoms with Gasteiger partial charge in [0.1, 0.15) is 4.83 Å². The third kappa shape index (κ3) is 4.34. The summed E-state index contributed by atoms with van der Waals surface area (Å²) in [4.78, 5) is 34.8. The second-order valence-electron chi connectivity index (χ2n) is 10.1. The van der Waals surface area contributed by atoms with Crippen LogP contribution in [0.4, 0.5) is 0 Å². The van der Waals surface area contributed by atoms with Gasteiger partial charge in [-0.15, -0.1) is 22.7 Å². The highest BCUT2D eigenvalue weighted by Gasteiger charge is 2.32. The van der Waals surface area contributed by atoms with Crippen molar-refractivity contribution in [3.8, 4) is 15.4 Å². The molecule has 7 rings (SSSR count). The van der Waals surface area contributed by atoms with E-state index in [0.29, 0.717) is 11.1 Å². The highest BCUT2D eigenvalue weighted by molar-refractivity contribution is 7.26. The van der Waals surface area contributed by atoms with Crippen LogP contribution in [0.5, 0.6) is 0 Å². The molecule has 0 saturated heterocycles. The minimum atomic E-state index is -0.203. The smallest absolute Gasteiger partial charge is 0.197 e. The van der Waals surface area contributed by atoms with Gasteiger partial charge in [0.25, 0.3) is 0 Å². The van der Waals surface area contributed by atoms with Gasteiger partial charge < -0.3 is 5.73 Å². The van der Waals surface area contributed by atoms with E-state index in [1.54, 1.807) is 53.0 Å². The minimum Gasteiger partial charge on any atom is -0.405 e. The number of benzene rings is 2. The minimum absolute atomic E-state index is 0.164. The van der Waals surface area contributed by atoms with E-state index in [1.165, 1.54) is 17.0 Å². The Morgan fingerprint density at radius 2 is 1.60 bits per heavy atom. The van der Waals surface area contributed by atoms with Crippen LogP contribution >= 0.6 is 22.7 Å². The van der Waals surface area contributed by atoms with Crippen molar-refractivity contribution >= 4 is 61.4 Å². The first-order chi connectivity index (χ1) is 20.5. The van der Waals surface area contributed by atoms with E-state index < -0.39 is 0 Å². The number of hydrogen-bond acceptors (Lipinski definition) is 6. The van der Waals surface area contributed by atoms with E-state index in [1.807, 2.05) is 24.4 Å². The second kappa shape index (κ2) is 10.5. The Balaban J connectivity index is 1.25. The quantitative estimate of drug-likeness (QED) is 0.121. The van der Waals surface area contributed by atoms with Crippen molar-refractivity contribution in [3.63, 3.8) is 0 Å². The first-order valence-corrected chi connectivity index (χ1v) is 15.2. The van der Waals surface area contributed by atoms with Gasteiger partial charge >= 0.3 is 0 Å². The van der Waals surface area contributed by atoms with Crippen molar-refractivity contribution in [3.05, 3.63) is 137 Å². The van der Waals surface area contributed by atoms with E-state index in [-0.39, 0.29) is 23.1 Å². The third-order valence-corrected chi connectivity index (χ3v) is 9.88. The summed E-state index contributed by atoms with van der Waals surface area (Å²) in [5.74, 6) is -0.243. The maximum atomic E-state index is 12.9. The maximum Gasteiger partial charge on any atom is 0.197 e. The largest absolute Gasteiger partial charge is 0.405 e. The van der Waals surface area contributed by atoms with Gasteiger partial charge in [-0.2, -0.15) is 0 Å². The monoisotopic (exact) mass is 583 g/mol. The van der Waals surface area contributed by atoms with Gasteiger partial charge in [0.15, 0.2) is 11.6 Å². The molecule has 0 amide bonds. The van der Waals surface area contributed by atoms with Gasteiger partial charge in [-0.25, -0.2) is 0 Å². The Bertz CT molecular complexity index is 2070. The molecule has 1 atom stereocenters. The molecule has 1 aliphatic rings. The molecule has 4 aromatic heterocycles. The predicted molar refractivity (Wildman–Crippen MR) is 174 cm³/mol. The molecular formula is C35H25N3O2S2. The molecule has 5 nitrogen and oxygen atoms in total. The van der Waals surface area contributed by atoms with Crippen molar-refractivity contribution in [2.75, 3.05) is 0 Å². The van der Waals surface area contributed by atoms with Crippen LogP contribution in [-0.2, 0) is 0 Å². The Labute approximate surface area is 250 Å². The molecular weight excluding hydrogens is 559 g/mol. The number of pyridine rings is 1. The normalized spacial score (nSPS) is 14.2. The van der Waals surface area contributed by atoms with Crippen LogP contribution in [0.2, 0.25) is 0 Å². The highest BCUT2D eigenvalue weighted by Crippen LogP contribution is 2.43. The number of thiophene rings is 2. The number of para-hydroxylation sites is 1. The zero-order valence-corrected chi connectivity index (χ0v) is 24.3. The number of nitrogens with two attached hydrogens (primary N) is 1. The number of Topliss-reactive ketones (excluding diaryl/α,β-unsaturated/α-hetero) is 2. The number of allylic oxidation sites excluding steroid dienone is 4. The van der Waals surface area contributed by atoms with Gasteiger partial charge in [-0.1, -0.05) is 61.5 Å². The number of hydrogen-bond donors (Lipinski definition) is 1. The van der Waals surface area contributed by atoms with Gasteiger partial charge in [0.05, 0.1) is 23.0 Å². The van der Waals surface area contributed by atoms with Gasteiger partial charge in [-0.3, -0.25) is 19.1 Å². The van der Waals surface area contributed by atoms with Gasteiger partial charge in [0.2, 0.25) is 0 Å². The summed E-state index contributed by atoms with van der Waals surface area (Å²) in [5, 5.41) is 2.37. The molecule has 7 heteroatoms. The van der Waals surface area contributed by atoms with Crippen LogP contribution in [0.25, 0.3) is 42.6 Å². The fraction of sp³-hybridized carbons (Fsp3) is 0.0571. The van der Waals surface area contributed by atoms with Crippen molar-refractivity contribution in [2.45, 2.75) is 12.8 Å². The molecule has 0 saturated carbocycles. The molecule has 0 spiro atoms. The summed E-state index contributed by atoms with van der Waals surface area (Å²) in [7, 11) is 0. The standard InChI is InChI=1S/C35H25N3O2S2/c1-21(8-6-7-17-36)29-15-13-22(20-37-29)38-30-12-5-4-9-24(30)27-19-32(42-35(27)38)31-16-14-23(41-31)18-28-33(39)25-10-2-3-11-26(25)34(28)40/h2-21H,36H2,1H3/b8-6-,17-7-. The lowest BCUT2D eigenvalue weighted by Crippen LogP contribution is -1.99. The zero-order chi connectivity index (χ0) is 28.8. The molecule has 42 heavy (non-hydrogen) atoms. The Hall–Kier alpha value is -4.85. The number of fused-ring (bicyclic) bond motifs is 4. The zero-order valence-electron chi connectivity index (χ0n) is 22.7. The fourth-order valence-corrected chi connectivity index (χ4v) is 7.67. The number of nitrogens with zero attached hydrogens (tertiary/aromatic N) is 2. The molecule has 6 aromatic rings. The summed E-state index contributed by atoms with van der Waals surface area (Å²) < 4.78 is 2.27. The second-order valence-corrected chi connectivity index (χ2v) is 12.3.